The second kappa shape index (κ2) is 21.5. The molecule has 0 aromatic rings. The highest BCUT2D eigenvalue weighted by Gasteiger charge is 2.45. The number of hydrogen-bond acceptors (Lipinski definition) is 16. The maximum absolute atomic E-state index is 10.4. The summed E-state index contributed by atoms with van der Waals surface area (Å²) in [5.41, 5.74) is -0.359. The number of hydrogen-bond donors (Lipinski definition) is 10. The summed E-state index contributed by atoms with van der Waals surface area (Å²) in [4.78, 5) is 0. The Labute approximate surface area is 302 Å². The first-order chi connectivity index (χ1) is 24.2. The largest absolute Gasteiger partial charge is 0.394 e. The van der Waals surface area contributed by atoms with Gasteiger partial charge in [-0.2, -0.15) is 0 Å². The Morgan fingerprint density at radius 1 is 0.510 bits per heavy atom. The lowest BCUT2D eigenvalue weighted by Crippen LogP contribution is -2.55. The van der Waals surface area contributed by atoms with E-state index in [4.69, 9.17) is 28.4 Å². The van der Waals surface area contributed by atoms with Gasteiger partial charge in [0, 0.05) is 49.2 Å². The summed E-state index contributed by atoms with van der Waals surface area (Å²) in [7, 11) is 0. The van der Waals surface area contributed by atoms with Crippen molar-refractivity contribution in [2.75, 3.05) is 39.6 Å². The van der Waals surface area contributed by atoms with E-state index >= 15 is 0 Å². The van der Waals surface area contributed by atoms with Gasteiger partial charge >= 0.3 is 0 Å². The molecule has 3 rings (SSSR count). The smallest absolute Gasteiger partial charge is 0.163 e. The Morgan fingerprint density at radius 3 is 1.14 bits per heavy atom. The number of nitrogens with one attached hydrogen (secondary N) is 1. The first-order valence-corrected chi connectivity index (χ1v) is 18.7. The lowest BCUT2D eigenvalue weighted by molar-refractivity contribution is -0.283. The van der Waals surface area contributed by atoms with Crippen molar-refractivity contribution in [3.63, 3.8) is 0 Å². The van der Waals surface area contributed by atoms with Crippen molar-refractivity contribution in [1.82, 2.24) is 5.32 Å². The van der Waals surface area contributed by atoms with Crippen LogP contribution in [-0.2, 0) is 28.4 Å². The molecule has 0 aromatic carbocycles. The molecule has 3 saturated heterocycles. The highest BCUT2D eigenvalue weighted by Crippen LogP contribution is 2.32. The van der Waals surface area contributed by atoms with E-state index in [0.717, 1.165) is 12.8 Å². The Bertz CT molecular complexity index is 916. The van der Waals surface area contributed by atoms with Gasteiger partial charge in [-0.3, -0.25) is 0 Å². The van der Waals surface area contributed by atoms with Gasteiger partial charge in [-0.05, 0) is 44.9 Å². The normalized spacial score (nSPS) is 40.4. The summed E-state index contributed by atoms with van der Waals surface area (Å²) < 4.78 is 35.2. The highest BCUT2D eigenvalue weighted by molar-refractivity contribution is 4.92. The van der Waals surface area contributed by atoms with Gasteiger partial charge in [0.2, 0.25) is 0 Å². The van der Waals surface area contributed by atoms with Gasteiger partial charge in [-0.15, -0.1) is 0 Å². The van der Waals surface area contributed by atoms with Crippen LogP contribution in [-0.4, -0.2) is 171 Å². The summed E-state index contributed by atoms with van der Waals surface area (Å²) in [6.45, 7) is 8.96. The van der Waals surface area contributed by atoms with Gasteiger partial charge in [0.25, 0.3) is 0 Å². The van der Waals surface area contributed by atoms with E-state index in [0.29, 0.717) is 51.9 Å². The molecule has 0 saturated carbocycles. The summed E-state index contributed by atoms with van der Waals surface area (Å²) in [6.07, 6.45) is -7.14. The molecule has 16 nitrogen and oxygen atoms in total. The van der Waals surface area contributed by atoms with Crippen LogP contribution in [0.4, 0.5) is 0 Å². The Hall–Kier alpha value is -0.640. The zero-order chi connectivity index (χ0) is 37.9. The molecule has 10 N–H and O–H groups in total. The molecule has 0 aliphatic carbocycles. The van der Waals surface area contributed by atoms with E-state index in [1.165, 1.54) is 0 Å². The van der Waals surface area contributed by atoms with Crippen molar-refractivity contribution in [2.24, 2.45) is 17.8 Å². The molecule has 302 valence electrons. The number of rotatable bonds is 21. The third-order valence-electron chi connectivity index (χ3n) is 10.7. The van der Waals surface area contributed by atoms with Crippen molar-refractivity contribution < 1.29 is 74.4 Å². The molecule has 6 unspecified atom stereocenters. The zero-order valence-corrected chi connectivity index (χ0v) is 30.9. The van der Waals surface area contributed by atoms with Gasteiger partial charge in [0.05, 0.1) is 38.1 Å². The van der Waals surface area contributed by atoms with Crippen LogP contribution in [0.3, 0.4) is 0 Å². The molecule has 0 spiro atoms. The summed E-state index contributed by atoms with van der Waals surface area (Å²) >= 11 is 0. The van der Waals surface area contributed by atoms with Crippen LogP contribution in [0.5, 0.6) is 0 Å². The SMILES string of the molecule is CC(C)NC(CCCCO[C@@H]1OC(CO)[C@H](O)[C@H](O)C1C)(CCCO[C@@H]1OC(CO)[C@H](O)[C@H](O)C1C)CCCO[C@@H]1OC(CO)[C@H](O)[C@H](O)C1C. The van der Waals surface area contributed by atoms with Crippen molar-refractivity contribution in [2.45, 2.75) is 165 Å². The zero-order valence-electron chi connectivity index (χ0n) is 30.9. The van der Waals surface area contributed by atoms with Crippen LogP contribution in [0.1, 0.15) is 79.6 Å². The van der Waals surface area contributed by atoms with Gasteiger partial charge in [-0.1, -0.05) is 34.6 Å². The second-order valence-corrected chi connectivity index (χ2v) is 15.1. The number of aliphatic hydroxyl groups is 9. The molecule has 16 heteroatoms. The third kappa shape index (κ3) is 12.2. The fourth-order valence-corrected chi connectivity index (χ4v) is 7.42. The van der Waals surface area contributed by atoms with Crippen molar-refractivity contribution in [1.29, 1.82) is 0 Å². The number of aliphatic hydroxyl groups excluding tert-OH is 9. The van der Waals surface area contributed by atoms with Crippen molar-refractivity contribution in [3.8, 4) is 0 Å². The van der Waals surface area contributed by atoms with Crippen LogP contribution in [0.25, 0.3) is 0 Å². The molecule has 51 heavy (non-hydrogen) atoms. The summed E-state index contributed by atoms with van der Waals surface area (Å²) in [5.74, 6) is -1.48. The van der Waals surface area contributed by atoms with E-state index in [9.17, 15) is 46.0 Å². The molecule has 15 atom stereocenters. The number of unbranched alkanes of at least 4 members (excludes halogenated alkanes) is 1. The maximum Gasteiger partial charge on any atom is 0.163 e. The fraction of sp³-hybridized carbons (Fsp3) is 1.00. The summed E-state index contributed by atoms with van der Waals surface area (Å²) in [5, 5.41) is 94.3. The highest BCUT2D eigenvalue weighted by atomic mass is 16.7. The van der Waals surface area contributed by atoms with Crippen molar-refractivity contribution >= 4 is 0 Å². The molecule has 3 aliphatic rings. The fourth-order valence-electron chi connectivity index (χ4n) is 7.42. The molecular formula is C35H67NO15. The van der Waals surface area contributed by atoms with Crippen LogP contribution in [0, 0.1) is 17.8 Å². The standard InChI is InChI=1S/C35H67NO15/c1-19(2)36-35(11-8-14-47-33-21(4)27(41)30(44)24(17-38)50-33,12-9-15-48-34-22(5)28(42)31(45)25(18-39)51-34)10-6-7-13-46-32-20(3)26(40)29(43)23(16-37)49-32/h19-34,36-45H,6-18H2,1-5H3/t20?,21?,22?,23?,24?,25?,26-,27-,28-,29+,30+,31+,32-,33-,34-,35?/m1/s1. The van der Waals surface area contributed by atoms with Crippen LogP contribution >= 0.6 is 0 Å². The van der Waals surface area contributed by atoms with Gasteiger partial charge in [-0.25, -0.2) is 0 Å². The first-order valence-electron chi connectivity index (χ1n) is 18.7. The molecule has 3 fully saturated rings. The third-order valence-corrected chi connectivity index (χ3v) is 10.7. The van der Waals surface area contributed by atoms with Gasteiger partial charge < -0.3 is 79.7 Å². The summed E-state index contributed by atoms with van der Waals surface area (Å²) in [6, 6.07) is 0.134. The Balaban J connectivity index is 1.61. The predicted molar refractivity (Wildman–Crippen MR) is 182 cm³/mol. The minimum Gasteiger partial charge on any atom is -0.394 e. The van der Waals surface area contributed by atoms with E-state index in [1.807, 2.05) is 0 Å². The molecule has 0 amide bonds. The monoisotopic (exact) mass is 741 g/mol. The lowest BCUT2D eigenvalue weighted by atomic mass is 9.82. The predicted octanol–water partition coefficient (Wildman–Crippen LogP) is -1.27. The average Bonchev–Trinajstić information content (AvgIpc) is 3.11. The molecule has 0 aromatic heterocycles. The first kappa shape index (κ1) is 44.8. The molecular weight excluding hydrogens is 674 g/mol. The van der Waals surface area contributed by atoms with E-state index in [2.05, 4.69) is 19.2 Å². The van der Waals surface area contributed by atoms with Crippen molar-refractivity contribution in [3.05, 3.63) is 0 Å². The Kier molecular flexibility index (Phi) is 18.8. The topological polar surface area (TPSA) is 249 Å². The lowest BCUT2D eigenvalue weighted by Gasteiger charge is -2.41. The quantitative estimate of drug-likeness (QED) is 0.0616. The molecule has 3 heterocycles. The average molecular weight is 742 g/mol. The number of ether oxygens (including phenoxy) is 6. The van der Waals surface area contributed by atoms with Crippen LogP contribution in [0.2, 0.25) is 0 Å². The van der Waals surface area contributed by atoms with E-state index in [-0.39, 0.29) is 11.6 Å². The second-order valence-electron chi connectivity index (χ2n) is 15.1. The van der Waals surface area contributed by atoms with E-state index in [1.54, 1.807) is 20.8 Å². The van der Waals surface area contributed by atoms with Crippen LogP contribution in [0.15, 0.2) is 0 Å². The molecule has 0 bridgehead atoms. The van der Waals surface area contributed by atoms with Gasteiger partial charge in [0.1, 0.15) is 36.6 Å². The maximum atomic E-state index is 10.4. The molecule has 3 aliphatic heterocycles. The minimum atomic E-state index is -1.20. The Morgan fingerprint density at radius 2 is 0.824 bits per heavy atom. The van der Waals surface area contributed by atoms with E-state index < -0.39 is 111 Å². The minimum absolute atomic E-state index is 0.134. The molecule has 0 radical (unpaired) electrons. The van der Waals surface area contributed by atoms with Gasteiger partial charge in [0.15, 0.2) is 18.9 Å². The van der Waals surface area contributed by atoms with Crippen LogP contribution < -0.4 is 5.32 Å².